The summed E-state index contributed by atoms with van der Waals surface area (Å²) >= 11 is 1.28. The molecule has 0 bridgehead atoms. The van der Waals surface area contributed by atoms with E-state index in [4.69, 9.17) is 9.47 Å². The number of nitrogens with one attached hydrogen (secondary N) is 1. The lowest BCUT2D eigenvalue weighted by atomic mass is 9.84. The molecule has 8 heteroatoms. The van der Waals surface area contributed by atoms with Crippen LogP contribution in [0.25, 0.3) is 0 Å². The smallest absolute Gasteiger partial charge is 0.408 e. The Labute approximate surface area is 206 Å². The fourth-order valence-electron chi connectivity index (χ4n) is 4.05. The average Bonchev–Trinajstić information content (AvgIpc) is 2.80. The van der Waals surface area contributed by atoms with E-state index in [0.29, 0.717) is 29.7 Å². The minimum atomic E-state index is -0.675. The Morgan fingerprint density at radius 2 is 1.82 bits per heavy atom. The van der Waals surface area contributed by atoms with Crippen LogP contribution in [0.15, 0.2) is 48.7 Å². The number of carbonyl (C=O) groups excluding carboxylic acids is 2. The van der Waals surface area contributed by atoms with Crippen molar-refractivity contribution in [1.29, 1.82) is 0 Å². The maximum absolute atomic E-state index is 13.6. The number of ether oxygens (including phenoxy) is 2. The zero-order valence-electron chi connectivity index (χ0n) is 20.5. The summed E-state index contributed by atoms with van der Waals surface area (Å²) in [5.41, 5.74) is -0.0159. The van der Waals surface area contributed by atoms with Gasteiger partial charge in [0.05, 0.1) is 11.9 Å². The van der Waals surface area contributed by atoms with Crippen molar-refractivity contribution in [3.8, 4) is 11.6 Å². The second-order valence-electron chi connectivity index (χ2n) is 9.52. The van der Waals surface area contributed by atoms with Crippen molar-refractivity contribution < 1.29 is 19.1 Å². The lowest BCUT2D eigenvalue weighted by molar-refractivity contribution is -0.119. The molecule has 0 spiro atoms. The molecule has 1 saturated carbocycles. The molecule has 1 aromatic heterocycles. The number of alkyl carbamates (subject to hydrolysis) is 1. The lowest BCUT2D eigenvalue weighted by Gasteiger charge is -2.30. The van der Waals surface area contributed by atoms with E-state index in [1.54, 1.807) is 22.6 Å². The summed E-state index contributed by atoms with van der Waals surface area (Å²) in [5, 5.41) is 2.84. The van der Waals surface area contributed by atoms with Gasteiger partial charge in [0.2, 0.25) is 5.88 Å². The Morgan fingerprint density at radius 3 is 2.41 bits per heavy atom. The van der Waals surface area contributed by atoms with Crippen LogP contribution in [0.2, 0.25) is 0 Å². The zero-order valence-corrected chi connectivity index (χ0v) is 21.3. The van der Waals surface area contributed by atoms with Crippen molar-refractivity contribution >= 4 is 29.6 Å². The zero-order chi connectivity index (χ0) is 24.6. The van der Waals surface area contributed by atoms with Crippen molar-refractivity contribution in [3.05, 3.63) is 48.7 Å². The second kappa shape index (κ2) is 12.1. The van der Waals surface area contributed by atoms with Gasteiger partial charge in [-0.3, -0.25) is 9.10 Å². The summed E-state index contributed by atoms with van der Waals surface area (Å²) in [6.45, 7) is 5.43. The minimum absolute atomic E-state index is 0.192. The molecule has 184 valence electrons. The summed E-state index contributed by atoms with van der Waals surface area (Å²) in [6.07, 6.45) is 9.17. The normalized spacial score (nSPS) is 15.3. The van der Waals surface area contributed by atoms with Gasteiger partial charge in [0.25, 0.3) is 5.91 Å². The third-order valence-electron chi connectivity index (χ3n) is 5.59. The number of benzene rings is 1. The molecule has 0 aliphatic heterocycles. The van der Waals surface area contributed by atoms with Crippen molar-refractivity contribution in [3.63, 3.8) is 0 Å². The molecule has 2 aromatic rings. The standard InChI is InChI=1S/C26H35N3O4S/c1-26(2,3)33-25(31)28-22(17-19-11-7-5-8-12-19)24(30)29(34-4)20-15-16-23(27-18-20)32-21-13-9-6-10-14-21/h6,9-10,13-16,18-19,22H,5,7-8,11-12,17H2,1-4H3,(H,28,31)/t22-/m1/s1. The van der Waals surface area contributed by atoms with Gasteiger partial charge < -0.3 is 14.8 Å². The molecule has 1 aliphatic rings. The first kappa shape index (κ1) is 25.9. The number of anilines is 1. The molecule has 1 fully saturated rings. The first-order valence-corrected chi connectivity index (χ1v) is 13.0. The molecule has 1 heterocycles. The predicted octanol–water partition coefficient (Wildman–Crippen LogP) is 6.35. The second-order valence-corrected chi connectivity index (χ2v) is 10.3. The monoisotopic (exact) mass is 485 g/mol. The molecule has 0 saturated heterocycles. The Morgan fingerprint density at radius 1 is 1.12 bits per heavy atom. The maximum atomic E-state index is 13.6. The van der Waals surface area contributed by atoms with E-state index in [2.05, 4.69) is 10.3 Å². The van der Waals surface area contributed by atoms with Crippen LogP contribution in [0, 0.1) is 5.92 Å². The first-order valence-electron chi connectivity index (χ1n) is 11.8. The van der Waals surface area contributed by atoms with Gasteiger partial charge in [-0.15, -0.1) is 0 Å². The molecule has 1 N–H and O–H groups in total. The van der Waals surface area contributed by atoms with Crippen LogP contribution in [0.4, 0.5) is 10.5 Å². The third-order valence-corrected chi connectivity index (χ3v) is 6.34. The lowest BCUT2D eigenvalue weighted by Crippen LogP contribution is -2.49. The number of hydrogen-bond donors (Lipinski definition) is 1. The summed E-state index contributed by atoms with van der Waals surface area (Å²) in [5.74, 6) is 1.34. The van der Waals surface area contributed by atoms with Crippen molar-refractivity contribution in [2.75, 3.05) is 10.6 Å². The van der Waals surface area contributed by atoms with Crippen LogP contribution in [-0.2, 0) is 9.53 Å². The predicted molar refractivity (Wildman–Crippen MR) is 136 cm³/mol. The van der Waals surface area contributed by atoms with E-state index >= 15 is 0 Å². The number of nitrogens with zero attached hydrogens (tertiary/aromatic N) is 2. The van der Waals surface area contributed by atoms with Crippen molar-refractivity contribution in [1.82, 2.24) is 10.3 Å². The number of amides is 2. The molecular weight excluding hydrogens is 450 g/mol. The number of para-hydroxylation sites is 1. The number of pyridine rings is 1. The summed E-state index contributed by atoms with van der Waals surface area (Å²) in [6, 6.07) is 12.3. The first-order chi connectivity index (χ1) is 16.2. The summed E-state index contributed by atoms with van der Waals surface area (Å²) < 4.78 is 12.8. The van der Waals surface area contributed by atoms with E-state index in [1.165, 1.54) is 18.4 Å². The molecule has 3 rings (SSSR count). The van der Waals surface area contributed by atoms with Crippen LogP contribution in [-0.4, -0.2) is 34.9 Å². The SMILES string of the molecule is CSN(C(=O)[C@@H](CC1CCCCC1)NC(=O)OC(C)(C)C)c1ccc(Oc2ccccc2)nc1. The summed E-state index contributed by atoms with van der Waals surface area (Å²) in [4.78, 5) is 30.5. The third kappa shape index (κ3) is 7.94. The highest BCUT2D eigenvalue weighted by Crippen LogP contribution is 2.30. The fourth-order valence-corrected chi connectivity index (χ4v) is 4.68. The van der Waals surface area contributed by atoms with E-state index in [9.17, 15) is 9.59 Å². The molecule has 7 nitrogen and oxygen atoms in total. The van der Waals surface area contributed by atoms with Gasteiger partial charge in [-0.05, 0) is 63.3 Å². The minimum Gasteiger partial charge on any atom is -0.444 e. The summed E-state index contributed by atoms with van der Waals surface area (Å²) in [7, 11) is 0. The number of rotatable bonds is 8. The van der Waals surface area contributed by atoms with E-state index in [-0.39, 0.29) is 5.91 Å². The van der Waals surface area contributed by atoms with Crippen LogP contribution < -0.4 is 14.4 Å². The van der Waals surface area contributed by atoms with Crippen molar-refractivity contribution in [2.24, 2.45) is 5.92 Å². The number of aromatic nitrogens is 1. The molecular formula is C26H35N3O4S. The van der Waals surface area contributed by atoms with E-state index < -0.39 is 17.7 Å². The van der Waals surface area contributed by atoms with Gasteiger partial charge in [0.1, 0.15) is 17.4 Å². The number of carbonyl (C=O) groups is 2. The van der Waals surface area contributed by atoms with Crippen LogP contribution >= 0.6 is 11.9 Å². The highest BCUT2D eigenvalue weighted by atomic mass is 32.2. The maximum Gasteiger partial charge on any atom is 0.408 e. The molecule has 0 unspecified atom stereocenters. The molecule has 1 aliphatic carbocycles. The van der Waals surface area contributed by atoms with Crippen LogP contribution in [0.1, 0.15) is 59.3 Å². The highest BCUT2D eigenvalue weighted by molar-refractivity contribution is 8.00. The molecule has 1 atom stereocenters. The van der Waals surface area contributed by atoms with E-state index in [1.807, 2.05) is 57.4 Å². The average molecular weight is 486 g/mol. The van der Waals surface area contributed by atoms with Gasteiger partial charge in [-0.25, -0.2) is 9.78 Å². The topological polar surface area (TPSA) is 80.8 Å². The van der Waals surface area contributed by atoms with Gasteiger partial charge >= 0.3 is 6.09 Å². The number of hydrogen-bond acceptors (Lipinski definition) is 6. The molecule has 2 amide bonds. The van der Waals surface area contributed by atoms with Gasteiger partial charge in [-0.1, -0.05) is 50.3 Å². The largest absolute Gasteiger partial charge is 0.444 e. The Balaban J connectivity index is 1.74. The van der Waals surface area contributed by atoms with Crippen LogP contribution in [0.3, 0.4) is 0 Å². The van der Waals surface area contributed by atoms with Crippen molar-refractivity contribution in [2.45, 2.75) is 70.9 Å². The Hall–Kier alpha value is -2.74. The Kier molecular flexibility index (Phi) is 9.21. The van der Waals surface area contributed by atoms with Gasteiger partial charge in [0.15, 0.2) is 0 Å². The van der Waals surface area contributed by atoms with Gasteiger partial charge in [-0.2, -0.15) is 0 Å². The molecule has 34 heavy (non-hydrogen) atoms. The fraction of sp³-hybridized carbons (Fsp3) is 0.500. The van der Waals surface area contributed by atoms with Gasteiger partial charge in [0, 0.05) is 12.3 Å². The molecule has 1 aromatic carbocycles. The highest BCUT2D eigenvalue weighted by Gasteiger charge is 2.31. The molecule has 0 radical (unpaired) electrons. The quantitative estimate of drug-likeness (QED) is 0.439. The van der Waals surface area contributed by atoms with E-state index in [0.717, 1.165) is 25.7 Å². The Bertz CT molecular complexity index is 925. The van der Waals surface area contributed by atoms with Crippen LogP contribution in [0.5, 0.6) is 11.6 Å².